The molecule has 0 spiro atoms. The molecule has 0 aliphatic carbocycles. The van der Waals surface area contributed by atoms with Crippen LogP contribution in [0.3, 0.4) is 0 Å². The molecule has 1 aliphatic rings. The van der Waals surface area contributed by atoms with Gasteiger partial charge in [0.1, 0.15) is 5.76 Å². The molecule has 23 heavy (non-hydrogen) atoms. The predicted octanol–water partition coefficient (Wildman–Crippen LogP) is 2.91. The summed E-state index contributed by atoms with van der Waals surface area (Å²) in [6.45, 7) is 1.73. The van der Waals surface area contributed by atoms with Gasteiger partial charge in [0.25, 0.3) is 5.91 Å². The van der Waals surface area contributed by atoms with E-state index in [0.717, 1.165) is 0 Å². The average molecular weight is 354 g/mol. The quantitative estimate of drug-likeness (QED) is 0.920. The largest absolute Gasteiger partial charge is 0.451 e. The molecule has 7 heteroatoms. The number of benzene rings is 1. The minimum Gasteiger partial charge on any atom is -0.451 e. The van der Waals surface area contributed by atoms with Crippen LogP contribution in [0.25, 0.3) is 11.3 Å². The van der Waals surface area contributed by atoms with Gasteiger partial charge in [-0.05, 0) is 37.6 Å². The summed E-state index contributed by atoms with van der Waals surface area (Å²) in [4.78, 5) is 12.3. The van der Waals surface area contributed by atoms with Crippen LogP contribution in [0.15, 0.2) is 40.8 Å². The molecule has 122 valence electrons. The summed E-state index contributed by atoms with van der Waals surface area (Å²) < 4.78 is 28.8. The van der Waals surface area contributed by atoms with Crippen molar-refractivity contribution in [2.45, 2.75) is 18.9 Å². The van der Waals surface area contributed by atoms with Gasteiger partial charge in [0, 0.05) is 5.56 Å². The van der Waals surface area contributed by atoms with Crippen molar-refractivity contribution < 1.29 is 17.6 Å². The molecule has 1 aromatic heterocycles. The molecule has 1 saturated heterocycles. The molecular weight excluding hydrogens is 338 g/mol. The van der Waals surface area contributed by atoms with Crippen LogP contribution in [0.1, 0.15) is 23.9 Å². The Kier molecular flexibility index (Phi) is 3.98. The van der Waals surface area contributed by atoms with Gasteiger partial charge >= 0.3 is 0 Å². The van der Waals surface area contributed by atoms with Gasteiger partial charge in [0.2, 0.25) is 0 Å². The molecule has 5 nitrogen and oxygen atoms in total. The van der Waals surface area contributed by atoms with Crippen molar-refractivity contribution in [3.8, 4) is 11.3 Å². The summed E-state index contributed by atoms with van der Waals surface area (Å²) >= 11 is 6.11. The molecule has 1 unspecified atom stereocenters. The van der Waals surface area contributed by atoms with Gasteiger partial charge < -0.3 is 9.73 Å². The third-order valence-electron chi connectivity index (χ3n) is 3.89. The zero-order chi connectivity index (χ0) is 16.7. The van der Waals surface area contributed by atoms with Gasteiger partial charge in [-0.3, -0.25) is 4.79 Å². The van der Waals surface area contributed by atoms with E-state index in [2.05, 4.69) is 5.32 Å². The maximum absolute atomic E-state index is 12.3. The fourth-order valence-corrected chi connectivity index (χ4v) is 5.03. The molecule has 1 aliphatic heterocycles. The van der Waals surface area contributed by atoms with Gasteiger partial charge in [0.15, 0.2) is 15.6 Å². The molecule has 0 radical (unpaired) electrons. The molecular formula is C16H16ClNO4S. The van der Waals surface area contributed by atoms with Gasteiger partial charge in [-0.15, -0.1) is 0 Å². The lowest BCUT2D eigenvalue weighted by molar-refractivity contribution is 0.0887. The lowest BCUT2D eigenvalue weighted by Gasteiger charge is -2.23. The van der Waals surface area contributed by atoms with Crippen molar-refractivity contribution >= 4 is 27.3 Å². The Hall–Kier alpha value is -1.79. The molecule has 1 atom stereocenters. The van der Waals surface area contributed by atoms with Crippen molar-refractivity contribution in [3.63, 3.8) is 0 Å². The van der Waals surface area contributed by atoms with E-state index in [0.29, 0.717) is 22.8 Å². The number of nitrogens with one attached hydrogen (secondary N) is 1. The number of sulfone groups is 1. The van der Waals surface area contributed by atoms with Crippen LogP contribution in [0.4, 0.5) is 0 Å². The van der Waals surface area contributed by atoms with E-state index in [9.17, 15) is 13.2 Å². The van der Waals surface area contributed by atoms with Crippen LogP contribution in [0.5, 0.6) is 0 Å². The van der Waals surface area contributed by atoms with Crippen LogP contribution in [-0.4, -0.2) is 31.4 Å². The van der Waals surface area contributed by atoms with Crippen LogP contribution in [0, 0.1) is 0 Å². The minimum absolute atomic E-state index is 0.0518. The first-order valence-corrected chi connectivity index (χ1v) is 9.36. The van der Waals surface area contributed by atoms with E-state index in [1.807, 2.05) is 12.1 Å². The van der Waals surface area contributed by atoms with Gasteiger partial charge in [-0.25, -0.2) is 8.42 Å². The molecule has 1 aromatic carbocycles. The van der Waals surface area contributed by atoms with Crippen molar-refractivity contribution in [1.29, 1.82) is 0 Å². The van der Waals surface area contributed by atoms with E-state index < -0.39 is 21.3 Å². The highest BCUT2D eigenvalue weighted by atomic mass is 35.5. The van der Waals surface area contributed by atoms with Crippen molar-refractivity contribution in [3.05, 3.63) is 47.2 Å². The van der Waals surface area contributed by atoms with Crippen LogP contribution in [0.2, 0.25) is 5.02 Å². The summed E-state index contributed by atoms with van der Waals surface area (Å²) in [6.07, 6.45) is 0.402. The Morgan fingerprint density at radius 1 is 1.26 bits per heavy atom. The average Bonchev–Trinajstić information content (AvgIpc) is 3.04. The number of carbonyl (C=O) groups is 1. The number of rotatable bonds is 3. The third kappa shape index (κ3) is 3.43. The Bertz CT molecular complexity index is 858. The minimum atomic E-state index is -3.09. The highest BCUT2D eigenvalue weighted by Gasteiger charge is 2.40. The zero-order valence-corrected chi connectivity index (χ0v) is 14.1. The van der Waals surface area contributed by atoms with Gasteiger partial charge in [-0.1, -0.05) is 23.7 Å². The van der Waals surface area contributed by atoms with Crippen molar-refractivity contribution in [1.82, 2.24) is 5.32 Å². The van der Waals surface area contributed by atoms with Crippen LogP contribution >= 0.6 is 11.6 Å². The lowest BCUT2D eigenvalue weighted by Crippen LogP contribution is -2.46. The maximum Gasteiger partial charge on any atom is 0.287 e. The first-order valence-electron chi connectivity index (χ1n) is 7.16. The smallest absolute Gasteiger partial charge is 0.287 e. The highest BCUT2D eigenvalue weighted by Crippen LogP contribution is 2.29. The molecule has 3 rings (SSSR count). The Balaban J connectivity index is 1.79. The Labute approximate surface area is 139 Å². The number of hydrogen-bond donors (Lipinski definition) is 1. The SMILES string of the molecule is CC1(NC(=O)c2ccc(-c3ccccc3Cl)o2)CCS(=O)(=O)C1. The second-order valence-corrected chi connectivity index (χ2v) is 8.59. The lowest BCUT2D eigenvalue weighted by atomic mass is 10.0. The summed E-state index contributed by atoms with van der Waals surface area (Å²) in [6, 6.07) is 10.4. The maximum atomic E-state index is 12.3. The Morgan fingerprint density at radius 2 is 2.00 bits per heavy atom. The van der Waals surface area contributed by atoms with Gasteiger partial charge in [-0.2, -0.15) is 0 Å². The number of furan rings is 1. The molecule has 2 aromatic rings. The fraction of sp³-hybridized carbons (Fsp3) is 0.312. The predicted molar refractivity (Wildman–Crippen MR) is 88.3 cm³/mol. The van der Waals surface area contributed by atoms with E-state index in [1.165, 1.54) is 0 Å². The zero-order valence-electron chi connectivity index (χ0n) is 12.5. The first-order chi connectivity index (χ1) is 10.8. The third-order valence-corrected chi connectivity index (χ3v) is 6.12. The fourth-order valence-electron chi connectivity index (χ4n) is 2.71. The van der Waals surface area contributed by atoms with E-state index in [-0.39, 0.29) is 17.3 Å². The van der Waals surface area contributed by atoms with E-state index in [1.54, 1.807) is 31.2 Å². The highest BCUT2D eigenvalue weighted by molar-refractivity contribution is 7.91. The Morgan fingerprint density at radius 3 is 2.65 bits per heavy atom. The number of carbonyl (C=O) groups excluding carboxylic acids is 1. The molecule has 1 fully saturated rings. The monoisotopic (exact) mass is 353 g/mol. The molecule has 1 N–H and O–H groups in total. The molecule has 1 amide bonds. The van der Waals surface area contributed by atoms with E-state index >= 15 is 0 Å². The number of hydrogen-bond acceptors (Lipinski definition) is 4. The van der Waals surface area contributed by atoms with Crippen LogP contribution < -0.4 is 5.32 Å². The summed E-state index contributed by atoms with van der Waals surface area (Å²) in [5.41, 5.74) is -0.0596. The molecule has 0 saturated carbocycles. The summed E-state index contributed by atoms with van der Waals surface area (Å²) in [5.74, 6) is 0.231. The number of halogens is 1. The standard InChI is InChI=1S/C16H16ClNO4S/c1-16(8-9-23(20,21)10-16)18-15(19)14-7-6-13(22-14)11-4-2-3-5-12(11)17/h2-7H,8-10H2,1H3,(H,18,19). The van der Waals surface area contributed by atoms with Crippen molar-refractivity contribution in [2.24, 2.45) is 0 Å². The number of amides is 1. The topological polar surface area (TPSA) is 76.4 Å². The van der Waals surface area contributed by atoms with Crippen LogP contribution in [-0.2, 0) is 9.84 Å². The van der Waals surface area contributed by atoms with Crippen molar-refractivity contribution in [2.75, 3.05) is 11.5 Å². The summed E-state index contributed by atoms with van der Waals surface area (Å²) in [5, 5.41) is 3.29. The first kappa shape index (κ1) is 16.1. The van der Waals surface area contributed by atoms with E-state index in [4.69, 9.17) is 16.0 Å². The normalized spacial score (nSPS) is 22.9. The van der Waals surface area contributed by atoms with Gasteiger partial charge in [0.05, 0.1) is 22.1 Å². The summed E-state index contributed by atoms with van der Waals surface area (Å²) in [7, 11) is -3.09. The molecule has 2 heterocycles. The second kappa shape index (κ2) is 5.69. The second-order valence-electron chi connectivity index (χ2n) is 6.00. The molecule has 0 bridgehead atoms.